The minimum absolute atomic E-state index is 0.0905. The predicted octanol–water partition coefficient (Wildman–Crippen LogP) is 3.55. The third-order valence-electron chi connectivity index (χ3n) is 3.98. The van der Waals surface area contributed by atoms with E-state index in [4.69, 9.17) is 21.1 Å². The van der Waals surface area contributed by atoms with E-state index in [9.17, 15) is 4.79 Å². The highest BCUT2D eigenvalue weighted by atomic mass is 35.5. The van der Waals surface area contributed by atoms with Crippen molar-refractivity contribution in [3.8, 4) is 11.5 Å². The van der Waals surface area contributed by atoms with E-state index >= 15 is 0 Å². The van der Waals surface area contributed by atoms with Gasteiger partial charge in [0.25, 0.3) is 0 Å². The molecule has 0 spiro atoms. The molecule has 1 aliphatic carbocycles. The summed E-state index contributed by atoms with van der Waals surface area (Å²) in [5.74, 6) is 1.84. The Hall–Kier alpha value is -1.42. The average molecular weight is 312 g/mol. The summed E-state index contributed by atoms with van der Waals surface area (Å²) in [7, 11) is 3.14. The van der Waals surface area contributed by atoms with E-state index in [1.54, 1.807) is 26.4 Å². The molecule has 1 amide bonds. The fraction of sp³-hybridized carbons (Fsp3) is 0.562. The fourth-order valence-electron chi connectivity index (χ4n) is 2.77. The molecule has 0 unspecified atom stereocenters. The zero-order valence-corrected chi connectivity index (χ0v) is 13.3. The largest absolute Gasteiger partial charge is 0.493 e. The number of amides is 1. The van der Waals surface area contributed by atoms with E-state index in [1.807, 2.05) is 0 Å². The van der Waals surface area contributed by atoms with Gasteiger partial charge in [0, 0.05) is 24.1 Å². The van der Waals surface area contributed by atoms with Crippen LogP contribution in [0.5, 0.6) is 11.5 Å². The minimum Gasteiger partial charge on any atom is -0.493 e. The van der Waals surface area contributed by atoms with Crippen LogP contribution in [0.15, 0.2) is 12.1 Å². The van der Waals surface area contributed by atoms with Gasteiger partial charge >= 0.3 is 0 Å². The number of rotatable bonds is 6. The standard InChI is InChI=1S/C16H22ClNO3/c1-20-14-8-12(13(17)9-15(14)21-2)10-18-16(19)7-11-5-3-4-6-11/h8-9,11H,3-7,10H2,1-2H3,(H,18,19). The van der Waals surface area contributed by atoms with E-state index in [1.165, 1.54) is 25.7 Å². The van der Waals surface area contributed by atoms with Crippen molar-refractivity contribution >= 4 is 17.5 Å². The summed E-state index contributed by atoms with van der Waals surface area (Å²) in [5, 5.41) is 3.50. The smallest absolute Gasteiger partial charge is 0.220 e. The van der Waals surface area contributed by atoms with E-state index in [-0.39, 0.29) is 5.91 Å². The summed E-state index contributed by atoms with van der Waals surface area (Å²) in [6.07, 6.45) is 5.46. The third-order valence-corrected chi connectivity index (χ3v) is 4.33. The molecule has 0 aliphatic heterocycles. The van der Waals surface area contributed by atoms with Gasteiger partial charge in [0.1, 0.15) is 0 Å². The highest BCUT2D eigenvalue weighted by molar-refractivity contribution is 6.31. The lowest BCUT2D eigenvalue weighted by Gasteiger charge is -2.13. The number of nitrogens with one attached hydrogen (secondary N) is 1. The van der Waals surface area contributed by atoms with Crippen LogP contribution in [-0.2, 0) is 11.3 Å². The molecule has 1 aromatic rings. The molecule has 0 saturated heterocycles. The number of methoxy groups -OCH3 is 2. The second kappa shape index (κ2) is 7.55. The molecule has 1 saturated carbocycles. The maximum Gasteiger partial charge on any atom is 0.220 e. The molecule has 1 fully saturated rings. The summed E-state index contributed by atoms with van der Waals surface area (Å²) in [5.41, 5.74) is 0.828. The number of hydrogen-bond acceptors (Lipinski definition) is 3. The number of carbonyl (C=O) groups excluding carboxylic acids is 1. The Morgan fingerprint density at radius 2 is 1.86 bits per heavy atom. The normalized spacial score (nSPS) is 15.0. The second-order valence-corrected chi connectivity index (χ2v) is 5.84. The first-order valence-corrected chi connectivity index (χ1v) is 7.69. The molecule has 21 heavy (non-hydrogen) atoms. The maximum absolute atomic E-state index is 12.0. The van der Waals surface area contributed by atoms with E-state index in [2.05, 4.69) is 5.32 Å². The highest BCUT2D eigenvalue weighted by Gasteiger charge is 2.18. The van der Waals surface area contributed by atoms with Crippen molar-refractivity contribution in [1.82, 2.24) is 5.32 Å². The van der Waals surface area contributed by atoms with Gasteiger partial charge in [-0.05, 0) is 30.4 Å². The topological polar surface area (TPSA) is 47.6 Å². The molecule has 0 aromatic heterocycles. The zero-order valence-electron chi connectivity index (χ0n) is 12.6. The van der Waals surface area contributed by atoms with Crippen LogP contribution >= 0.6 is 11.6 Å². The molecule has 116 valence electrons. The van der Waals surface area contributed by atoms with E-state index in [0.29, 0.717) is 35.4 Å². The van der Waals surface area contributed by atoms with Crippen LogP contribution in [0, 0.1) is 5.92 Å². The number of halogens is 1. The SMILES string of the molecule is COc1cc(Cl)c(CNC(=O)CC2CCCC2)cc1OC. The van der Waals surface area contributed by atoms with Gasteiger partial charge in [-0.3, -0.25) is 4.79 Å². The maximum atomic E-state index is 12.0. The molecule has 0 radical (unpaired) electrons. The molecule has 0 atom stereocenters. The van der Waals surface area contributed by atoms with Crippen LogP contribution in [-0.4, -0.2) is 20.1 Å². The Labute approximate surface area is 130 Å². The highest BCUT2D eigenvalue weighted by Crippen LogP contribution is 2.33. The summed E-state index contributed by atoms with van der Waals surface area (Å²) in [6.45, 7) is 0.407. The lowest BCUT2D eigenvalue weighted by molar-refractivity contribution is -0.122. The molecule has 2 rings (SSSR count). The molecule has 0 heterocycles. The minimum atomic E-state index is 0.0905. The van der Waals surface area contributed by atoms with Crippen molar-refractivity contribution in [2.45, 2.75) is 38.6 Å². The summed E-state index contributed by atoms with van der Waals surface area (Å²) < 4.78 is 10.4. The molecule has 0 bridgehead atoms. The Morgan fingerprint density at radius 1 is 1.24 bits per heavy atom. The van der Waals surface area contributed by atoms with Gasteiger partial charge in [-0.25, -0.2) is 0 Å². The molecular weight excluding hydrogens is 290 g/mol. The molecule has 1 N–H and O–H groups in total. The summed E-state index contributed by atoms with van der Waals surface area (Å²) in [4.78, 5) is 12.0. The van der Waals surface area contributed by atoms with Crippen molar-refractivity contribution in [3.63, 3.8) is 0 Å². The zero-order chi connectivity index (χ0) is 15.2. The predicted molar refractivity (Wildman–Crippen MR) is 83.0 cm³/mol. The van der Waals surface area contributed by atoms with Gasteiger partial charge < -0.3 is 14.8 Å². The number of carbonyl (C=O) groups is 1. The van der Waals surface area contributed by atoms with Gasteiger partial charge in [-0.15, -0.1) is 0 Å². The van der Waals surface area contributed by atoms with Crippen LogP contribution in [0.25, 0.3) is 0 Å². The van der Waals surface area contributed by atoms with Crippen molar-refractivity contribution in [2.24, 2.45) is 5.92 Å². The third kappa shape index (κ3) is 4.27. The first-order chi connectivity index (χ1) is 10.1. The summed E-state index contributed by atoms with van der Waals surface area (Å²) in [6, 6.07) is 3.51. The van der Waals surface area contributed by atoms with Crippen LogP contribution < -0.4 is 14.8 Å². The van der Waals surface area contributed by atoms with Gasteiger partial charge in [-0.1, -0.05) is 24.4 Å². The molecule has 1 aliphatic rings. The van der Waals surface area contributed by atoms with Crippen molar-refractivity contribution in [2.75, 3.05) is 14.2 Å². The van der Waals surface area contributed by atoms with Crippen LogP contribution in [0.3, 0.4) is 0 Å². The average Bonchev–Trinajstić information content (AvgIpc) is 2.98. The Balaban J connectivity index is 1.94. The van der Waals surface area contributed by atoms with E-state index in [0.717, 1.165) is 5.56 Å². The molecular formula is C16H22ClNO3. The molecule has 5 heteroatoms. The van der Waals surface area contributed by atoms with E-state index < -0.39 is 0 Å². The quantitative estimate of drug-likeness (QED) is 0.874. The van der Waals surface area contributed by atoms with Crippen LogP contribution in [0.4, 0.5) is 0 Å². The van der Waals surface area contributed by atoms with Gasteiger partial charge in [0.15, 0.2) is 11.5 Å². The Morgan fingerprint density at radius 3 is 2.48 bits per heavy atom. The number of benzene rings is 1. The fourth-order valence-corrected chi connectivity index (χ4v) is 2.99. The van der Waals surface area contributed by atoms with Crippen molar-refractivity contribution in [1.29, 1.82) is 0 Å². The lowest BCUT2D eigenvalue weighted by Crippen LogP contribution is -2.24. The first-order valence-electron chi connectivity index (χ1n) is 7.31. The summed E-state index contributed by atoms with van der Waals surface area (Å²) >= 11 is 6.20. The molecule has 1 aromatic carbocycles. The van der Waals surface area contributed by atoms with Gasteiger partial charge in [-0.2, -0.15) is 0 Å². The Bertz CT molecular complexity index is 499. The lowest BCUT2D eigenvalue weighted by atomic mass is 10.0. The number of hydrogen-bond donors (Lipinski definition) is 1. The second-order valence-electron chi connectivity index (χ2n) is 5.43. The first kappa shape index (κ1) is 16.0. The monoisotopic (exact) mass is 311 g/mol. The Kier molecular flexibility index (Phi) is 5.74. The van der Waals surface area contributed by atoms with Gasteiger partial charge in [0.2, 0.25) is 5.91 Å². The van der Waals surface area contributed by atoms with Crippen LogP contribution in [0.2, 0.25) is 5.02 Å². The van der Waals surface area contributed by atoms with Crippen molar-refractivity contribution < 1.29 is 14.3 Å². The molecule has 4 nitrogen and oxygen atoms in total. The van der Waals surface area contributed by atoms with Crippen LogP contribution in [0.1, 0.15) is 37.7 Å². The van der Waals surface area contributed by atoms with Gasteiger partial charge in [0.05, 0.1) is 14.2 Å². The number of ether oxygens (including phenoxy) is 2. The van der Waals surface area contributed by atoms with Crippen molar-refractivity contribution in [3.05, 3.63) is 22.7 Å².